The summed E-state index contributed by atoms with van der Waals surface area (Å²) in [6, 6.07) is 16.2. The number of aryl methyl sites for hydroxylation is 1. The summed E-state index contributed by atoms with van der Waals surface area (Å²) in [6.45, 7) is 7.05. The molecule has 4 heteroatoms. The van der Waals surface area contributed by atoms with Gasteiger partial charge in [-0.15, -0.1) is 0 Å². The number of aliphatic hydroxyl groups is 2. The first-order valence-electron chi connectivity index (χ1n) is 9.78. The lowest BCUT2D eigenvalue weighted by atomic mass is 9.73. The third-order valence-corrected chi connectivity index (χ3v) is 5.90. The fourth-order valence-corrected chi connectivity index (χ4v) is 3.98. The molecule has 2 atom stereocenters. The van der Waals surface area contributed by atoms with Crippen molar-refractivity contribution in [1.82, 2.24) is 4.90 Å². The molecule has 0 saturated carbocycles. The lowest BCUT2D eigenvalue weighted by Gasteiger charge is -2.45. The van der Waals surface area contributed by atoms with Gasteiger partial charge in [-0.2, -0.15) is 0 Å². The topological polar surface area (TPSA) is 52.9 Å². The zero-order valence-electron chi connectivity index (χ0n) is 16.4. The Morgan fingerprint density at radius 2 is 1.89 bits per heavy atom. The second kappa shape index (κ2) is 8.87. The lowest BCUT2D eigenvalue weighted by Crippen LogP contribution is -2.55. The largest absolute Gasteiger partial charge is 0.492 e. The Labute approximate surface area is 162 Å². The van der Waals surface area contributed by atoms with Gasteiger partial charge in [-0.05, 0) is 49.4 Å². The van der Waals surface area contributed by atoms with E-state index in [-0.39, 0.29) is 6.61 Å². The first kappa shape index (κ1) is 19.9. The van der Waals surface area contributed by atoms with Gasteiger partial charge in [0, 0.05) is 25.0 Å². The summed E-state index contributed by atoms with van der Waals surface area (Å²) in [5.41, 5.74) is 3.05. The zero-order valence-corrected chi connectivity index (χ0v) is 16.4. The minimum absolute atomic E-state index is 0.0165. The van der Waals surface area contributed by atoms with Crippen LogP contribution in [-0.4, -0.2) is 54.1 Å². The fourth-order valence-electron chi connectivity index (χ4n) is 3.98. The van der Waals surface area contributed by atoms with E-state index in [1.807, 2.05) is 30.3 Å². The molecule has 2 aromatic carbocycles. The van der Waals surface area contributed by atoms with Crippen molar-refractivity contribution in [2.45, 2.75) is 32.8 Å². The molecular weight excluding hydrogens is 338 g/mol. The van der Waals surface area contributed by atoms with Crippen LogP contribution in [0.3, 0.4) is 0 Å². The van der Waals surface area contributed by atoms with Gasteiger partial charge in [0.05, 0.1) is 12.7 Å². The van der Waals surface area contributed by atoms with Crippen molar-refractivity contribution in [1.29, 1.82) is 0 Å². The summed E-state index contributed by atoms with van der Waals surface area (Å²) in [5.74, 6) is 0.935. The average molecular weight is 370 g/mol. The summed E-state index contributed by atoms with van der Waals surface area (Å²) in [5, 5.41) is 20.8. The molecule has 2 N–H and O–H groups in total. The molecule has 1 unspecified atom stereocenters. The molecule has 0 aliphatic carbocycles. The molecule has 1 aliphatic heterocycles. The van der Waals surface area contributed by atoms with E-state index in [2.05, 4.69) is 36.9 Å². The van der Waals surface area contributed by atoms with Crippen LogP contribution in [0.5, 0.6) is 5.75 Å². The average Bonchev–Trinajstić information content (AvgIpc) is 2.68. The molecule has 0 radical (unpaired) electrons. The minimum atomic E-state index is -0.515. The maximum absolute atomic E-state index is 10.7. The van der Waals surface area contributed by atoms with E-state index in [0.29, 0.717) is 26.0 Å². The van der Waals surface area contributed by atoms with Gasteiger partial charge in [0.15, 0.2) is 0 Å². The number of benzene rings is 2. The van der Waals surface area contributed by atoms with Gasteiger partial charge < -0.3 is 14.9 Å². The number of aliphatic hydroxyl groups excluding tert-OH is 2. The molecule has 2 aromatic rings. The van der Waals surface area contributed by atoms with Crippen LogP contribution in [0.15, 0.2) is 48.5 Å². The van der Waals surface area contributed by atoms with Gasteiger partial charge in [-0.3, -0.25) is 4.90 Å². The Kier molecular flexibility index (Phi) is 6.53. The van der Waals surface area contributed by atoms with Crippen molar-refractivity contribution >= 4 is 0 Å². The predicted molar refractivity (Wildman–Crippen MR) is 108 cm³/mol. The lowest BCUT2D eigenvalue weighted by molar-refractivity contribution is -0.0763. The van der Waals surface area contributed by atoms with Crippen molar-refractivity contribution in [3.63, 3.8) is 0 Å². The number of rotatable bonds is 7. The fraction of sp³-hybridized carbons (Fsp3) is 0.478. The molecule has 1 aliphatic rings. The number of nitrogens with zero attached hydrogens (tertiary/aromatic N) is 1. The van der Waals surface area contributed by atoms with Gasteiger partial charge in [0.1, 0.15) is 12.4 Å². The highest BCUT2D eigenvalue weighted by Gasteiger charge is 2.42. The zero-order chi connectivity index (χ0) is 19.3. The van der Waals surface area contributed by atoms with Gasteiger partial charge >= 0.3 is 0 Å². The van der Waals surface area contributed by atoms with Crippen molar-refractivity contribution in [3.8, 4) is 5.75 Å². The first-order chi connectivity index (χ1) is 13.0. The Hall–Kier alpha value is -1.88. The highest BCUT2D eigenvalue weighted by atomic mass is 16.5. The van der Waals surface area contributed by atoms with Crippen LogP contribution in [0.2, 0.25) is 0 Å². The van der Waals surface area contributed by atoms with Crippen molar-refractivity contribution in [2.24, 2.45) is 5.41 Å². The minimum Gasteiger partial charge on any atom is -0.492 e. The highest BCUT2D eigenvalue weighted by Crippen LogP contribution is 2.34. The molecule has 1 fully saturated rings. The summed E-state index contributed by atoms with van der Waals surface area (Å²) >= 11 is 0. The molecule has 0 amide bonds. The number of hydrogen-bond acceptors (Lipinski definition) is 4. The highest BCUT2D eigenvalue weighted by molar-refractivity contribution is 5.38. The van der Waals surface area contributed by atoms with E-state index in [0.717, 1.165) is 24.4 Å². The summed E-state index contributed by atoms with van der Waals surface area (Å²) in [7, 11) is 0. The quantitative estimate of drug-likeness (QED) is 0.788. The third-order valence-electron chi connectivity index (χ3n) is 5.90. The van der Waals surface area contributed by atoms with Crippen molar-refractivity contribution < 1.29 is 14.9 Å². The number of likely N-dealkylation sites (tertiary alicyclic amines) is 1. The predicted octanol–water partition coefficient (Wildman–Crippen LogP) is 2.97. The molecule has 0 bridgehead atoms. The van der Waals surface area contributed by atoms with Crippen molar-refractivity contribution in [3.05, 3.63) is 65.2 Å². The smallest absolute Gasteiger partial charge is 0.122 e. The van der Waals surface area contributed by atoms with E-state index in [1.54, 1.807) is 0 Å². The molecule has 1 saturated heterocycles. The molecule has 1 heterocycles. The molecular formula is C23H31NO3. The molecule has 0 aromatic heterocycles. The molecule has 4 nitrogen and oxygen atoms in total. The Morgan fingerprint density at radius 3 is 2.63 bits per heavy atom. The van der Waals surface area contributed by atoms with Crippen LogP contribution in [0.1, 0.15) is 23.1 Å². The van der Waals surface area contributed by atoms with Crippen LogP contribution in [0, 0.1) is 19.3 Å². The van der Waals surface area contributed by atoms with E-state index in [4.69, 9.17) is 4.74 Å². The first-order valence-corrected chi connectivity index (χ1v) is 9.78. The monoisotopic (exact) mass is 369 g/mol. The standard InChI is InChI=1S/C23H31NO3/c1-18-7-6-10-21(19(18)2)27-14-13-24-12-11-22(26)23(16-24,17-25)15-20-8-4-3-5-9-20/h3-10,22,25-26H,11-17H2,1-2H3/t22?,23-/m1/s1. The van der Waals surface area contributed by atoms with E-state index < -0.39 is 11.5 Å². The molecule has 3 rings (SSSR count). The van der Waals surface area contributed by atoms with Crippen LogP contribution in [0.4, 0.5) is 0 Å². The Bertz CT molecular complexity index is 734. The van der Waals surface area contributed by atoms with E-state index in [1.165, 1.54) is 11.1 Å². The van der Waals surface area contributed by atoms with Crippen LogP contribution in [-0.2, 0) is 6.42 Å². The second-order valence-electron chi connectivity index (χ2n) is 7.81. The second-order valence-corrected chi connectivity index (χ2v) is 7.81. The molecule has 0 spiro atoms. The summed E-state index contributed by atoms with van der Waals surface area (Å²) < 4.78 is 6.00. The van der Waals surface area contributed by atoms with Gasteiger partial charge in [-0.25, -0.2) is 0 Å². The Balaban J connectivity index is 1.61. The molecule has 27 heavy (non-hydrogen) atoms. The Morgan fingerprint density at radius 1 is 1.11 bits per heavy atom. The number of ether oxygens (including phenoxy) is 1. The van der Waals surface area contributed by atoms with E-state index in [9.17, 15) is 10.2 Å². The maximum Gasteiger partial charge on any atom is 0.122 e. The van der Waals surface area contributed by atoms with E-state index >= 15 is 0 Å². The normalized spacial score (nSPS) is 23.3. The summed E-state index contributed by atoms with van der Waals surface area (Å²) in [4.78, 5) is 2.30. The van der Waals surface area contributed by atoms with Crippen LogP contribution >= 0.6 is 0 Å². The van der Waals surface area contributed by atoms with Gasteiger partial charge in [0.2, 0.25) is 0 Å². The molecule has 146 valence electrons. The van der Waals surface area contributed by atoms with Crippen LogP contribution < -0.4 is 4.74 Å². The summed E-state index contributed by atoms with van der Waals surface area (Å²) in [6.07, 6.45) is 0.871. The number of hydrogen-bond donors (Lipinski definition) is 2. The SMILES string of the molecule is Cc1cccc(OCCN2CCC(O)[C@](CO)(Cc3ccccc3)C2)c1C. The third kappa shape index (κ3) is 4.70. The van der Waals surface area contributed by atoms with Gasteiger partial charge in [-0.1, -0.05) is 42.5 Å². The van der Waals surface area contributed by atoms with Crippen molar-refractivity contribution in [2.75, 3.05) is 32.8 Å². The van der Waals surface area contributed by atoms with Gasteiger partial charge in [0.25, 0.3) is 0 Å². The maximum atomic E-state index is 10.7. The van der Waals surface area contributed by atoms with Crippen LogP contribution in [0.25, 0.3) is 0 Å². The number of piperidine rings is 1.